The van der Waals surface area contributed by atoms with Gasteiger partial charge >= 0.3 is 0 Å². The van der Waals surface area contributed by atoms with Crippen LogP contribution in [0.25, 0.3) is 5.69 Å². The summed E-state index contributed by atoms with van der Waals surface area (Å²) in [6, 6.07) is 11.6. The molecule has 0 bridgehead atoms. The fourth-order valence-electron chi connectivity index (χ4n) is 1.93. The first-order chi connectivity index (χ1) is 11.6. The number of nitrogens with zero attached hydrogens (tertiary/aromatic N) is 4. The molecule has 0 atom stereocenters. The summed E-state index contributed by atoms with van der Waals surface area (Å²) < 4.78 is 14.5. The summed E-state index contributed by atoms with van der Waals surface area (Å²) in [5.74, 6) is -1.66. The Bertz CT molecular complexity index is 864. The second-order valence-electron chi connectivity index (χ2n) is 4.72. The third kappa shape index (κ3) is 3.40. The van der Waals surface area contributed by atoms with Crippen molar-refractivity contribution in [1.82, 2.24) is 31.1 Å². The van der Waals surface area contributed by atoms with E-state index in [1.807, 2.05) is 0 Å². The molecule has 0 aliphatic heterocycles. The lowest BCUT2D eigenvalue weighted by molar-refractivity contribution is 0.0846. The molecule has 0 fully saturated rings. The van der Waals surface area contributed by atoms with E-state index >= 15 is 0 Å². The van der Waals surface area contributed by atoms with E-state index in [1.165, 1.54) is 29.2 Å². The van der Waals surface area contributed by atoms with Crippen LogP contribution in [-0.2, 0) is 0 Å². The molecular formula is C15H11FN6O2. The topological polar surface area (TPSA) is 102 Å². The minimum Gasteiger partial charge on any atom is -0.267 e. The van der Waals surface area contributed by atoms with Crippen molar-refractivity contribution in [3.63, 3.8) is 0 Å². The predicted octanol–water partition coefficient (Wildman–Crippen LogP) is 0.876. The van der Waals surface area contributed by atoms with Gasteiger partial charge in [-0.3, -0.25) is 20.4 Å². The number of hydrazine groups is 1. The molecule has 1 aromatic heterocycles. The number of benzene rings is 2. The quantitative estimate of drug-likeness (QED) is 0.696. The van der Waals surface area contributed by atoms with Crippen molar-refractivity contribution < 1.29 is 14.0 Å². The zero-order chi connectivity index (χ0) is 16.9. The number of tetrazole rings is 1. The van der Waals surface area contributed by atoms with Crippen LogP contribution in [-0.4, -0.2) is 32.0 Å². The minimum absolute atomic E-state index is 0.101. The molecule has 0 radical (unpaired) electrons. The number of nitrogens with one attached hydrogen (secondary N) is 2. The lowest BCUT2D eigenvalue weighted by Gasteiger charge is -2.08. The number of aromatic nitrogens is 4. The first-order valence-electron chi connectivity index (χ1n) is 6.83. The summed E-state index contributed by atoms with van der Waals surface area (Å²) in [7, 11) is 0. The van der Waals surface area contributed by atoms with Gasteiger partial charge in [0.25, 0.3) is 11.8 Å². The average Bonchev–Trinajstić information content (AvgIpc) is 3.14. The number of hydrogen-bond acceptors (Lipinski definition) is 5. The fraction of sp³-hybridized carbons (Fsp3) is 0. The lowest BCUT2D eigenvalue weighted by atomic mass is 10.2. The number of carbonyl (C=O) groups is 2. The molecule has 120 valence electrons. The number of carbonyl (C=O) groups excluding carboxylic acids is 2. The zero-order valence-corrected chi connectivity index (χ0v) is 12.2. The smallest absolute Gasteiger partial charge is 0.267 e. The molecule has 9 heteroatoms. The molecule has 0 aliphatic rings. The van der Waals surface area contributed by atoms with Crippen molar-refractivity contribution in [1.29, 1.82) is 0 Å². The average molecular weight is 326 g/mol. The van der Waals surface area contributed by atoms with Gasteiger partial charge in [-0.1, -0.05) is 6.07 Å². The molecule has 24 heavy (non-hydrogen) atoms. The van der Waals surface area contributed by atoms with Gasteiger partial charge in [0.15, 0.2) is 0 Å². The molecule has 0 spiro atoms. The van der Waals surface area contributed by atoms with Crippen LogP contribution in [0.5, 0.6) is 0 Å². The van der Waals surface area contributed by atoms with E-state index in [0.29, 0.717) is 11.3 Å². The van der Waals surface area contributed by atoms with E-state index < -0.39 is 17.6 Å². The maximum absolute atomic E-state index is 13.1. The Morgan fingerprint density at radius 3 is 2.29 bits per heavy atom. The minimum atomic E-state index is -0.617. The van der Waals surface area contributed by atoms with Crippen molar-refractivity contribution in [2.24, 2.45) is 0 Å². The van der Waals surface area contributed by atoms with Gasteiger partial charge < -0.3 is 0 Å². The Balaban J connectivity index is 1.62. The highest BCUT2D eigenvalue weighted by atomic mass is 19.1. The largest absolute Gasteiger partial charge is 0.269 e. The molecule has 0 saturated heterocycles. The first-order valence-corrected chi connectivity index (χ1v) is 6.83. The Labute approximate surface area is 135 Å². The molecule has 1 heterocycles. The summed E-state index contributed by atoms with van der Waals surface area (Å²) in [5.41, 5.74) is 5.59. The highest BCUT2D eigenvalue weighted by Crippen LogP contribution is 2.07. The standard InChI is InChI=1S/C15H11FN6O2/c16-12-3-1-2-11(8-12)15(24)19-18-14(23)10-4-6-13(7-5-10)22-9-17-20-21-22/h1-9H,(H,18,23)(H,19,24). The molecule has 2 N–H and O–H groups in total. The van der Waals surface area contributed by atoms with Crippen LogP contribution in [0.4, 0.5) is 4.39 Å². The van der Waals surface area contributed by atoms with Crippen LogP contribution < -0.4 is 10.9 Å². The van der Waals surface area contributed by atoms with Gasteiger partial charge in [-0.15, -0.1) is 5.10 Å². The van der Waals surface area contributed by atoms with E-state index in [-0.39, 0.29) is 5.56 Å². The summed E-state index contributed by atoms with van der Waals surface area (Å²) in [4.78, 5) is 23.8. The number of amides is 2. The Hall–Kier alpha value is -3.62. The number of halogens is 1. The molecule has 8 nitrogen and oxygen atoms in total. The van der Waals surface area contributed by atoms with Gasteiger partial charge in [0.05, 0.1) is 5.69 Å². The summed E-state index contributed by atoms with van der Waals surface area (Å²) in [6.45, 7) is 0. The third-order valence-electron chi connectivity index (χ3n) is 3.12. The second-order valence-corrected chi connectivity index (χ2v) is 4.72. The van der Waals surface area contributed by atoms with E-state index in [9.17, 15) is 14.0 Å². The summed E-state index contributed by atoms with van der Waals surface area (Å²) in [5, 5.41) is 10.8. The molecule has 3 rings (SSSR count). The highest BCUT2D eigenvalue weighted by molar-refractivity contribution is 5.99. The van der Waals surface area contributed by atoms with Gasteiger partial charge in [0.2, 0.25) is 0 Å². The van der Waals surface area contributed by atoms with Crippen LogP contribution in [0.2, 0.25) is 0 Å². The van der Waals surface area contributed by atoms with E-state index in [1.54, 1.807) is 24.3 Å². The highest BCUT2D eigenvalue weighted by Gasteiger charge is 2.10. The molecule has 0 saturated carbocycles. The van der Waals surface area contributed by atoms with Crippen LogP contribution >= 0.6 is 0 Å². The lowest BCUT2D eigenvalue weighted by Crippen LogP contribution is -2.41. The predicted molar refractivity (Wildman–Crippen MR) is 80.5 cm³/mol. The van der Waals surface area contributed by atoms with Crippen LogP contribution in [0.1, 0.15) is 20.7 Å². The fourth-order valence-corrected chi connectivity index (χ4v) is 1.93. The maximum atomic E-state index is 13.1. The monoisotopic (exact) mass is 326 g/mol. The van der Waals surface area contributed by atoms with Gasteiger partial charge in [-0.05, 0) is 52.9 Å². The van der Waals surface area contributed by atoms with Crippen molar-refractivity contribution in [3.8, 4) is 5.69 Å². The van der Waals surface area contributed by atoms with Crippen molar-refractivity contribution >= 4 is 11.8 Å². The third-order valence-corrected chi connectivity index (χ3v) is 3.12. The van der Waals surface area contributed by atoms with Crippen molar-refractivity contribution in [3.05, 3.63) is 71.8 Å². The Kier molecular flexibility index (Phi) is 4.23. The molecular weight excluding hydrogens is 315 g/mol. The summed E-state index contributed by atoms with van der Waals surface area (Å²) >= 11 is 0. The number of hydrogen-bond donors (Lipinski definition) is 2. The van der Waals surface area contributed by atoms with Crippen LogP contribution in [0.3, 0.4) is 0 Å². The van der Waals surface area contributed by atoms with Gasteiger partial charge in [-0.25, -0.2) is 9.07 Å². The maximum Gasteiger partial charge on any atom is 0.269 e. The normalized spacial score (nSPS) is 10.2. The van der Waals surface area contributed by atoms with Gasteiger partial charge in [0, 0.05) is 11.1 Å². The SMILES string of the molecule is O=C(NNC(=O)c1cccc(F)c1)c1ccc(-n2cnnn2)cc1. The molecule has 2 aromatic carbocycles. The second kappa shape index (κ2) is 6.65. The molecule has 0 unspecified atom stereocenters. The summed E-state index contributed by atoms with van der Waals surface area (Å²) in [6.07, 6.45) is 1.42. The van der Waals surface area contributed by atoms with Crippen LogP contribution in [0.15, 0.2) is 54.9 Å². The Morgan fingerprint density at radius 2 is 1.67 bits per heavy atom. The molecule has 0 aliphatic carbocycles. The number of rotatable bonds is 3. The first kappa shape index (κ1) is 15.3. The van der Waals surface area contributed by atoms with Crippen molar-refractivity contribution in [2.75, 3.05) is 0 Å². The zero-order valence-electron chi connectivity index (χ0n) is 12.2. The molecule has 2 amide bonds. The molecule has 3 aromatic rings. The van der Waals surface area contributed by atoms with Gasteiger partial charge in [0.1, 0.15) is 12.1 Å². The Morgan fingerprint density at radius 1 is 0.958 bits per heavy atom. The van der Waals surface area contributed by atoms with E-state index in [0.717, 1.165) is 6.07 Å². The van der Waals surface area contributed by atoms with E-state index in [4.69, 9.17) is 0 Å². The van der Waals surface area contributed by atoms with Crippen molar-refractivity contribution in [2.45, 2.75) is 0 Å². The van der Waals surface area contributed by atoms with E-state index in [2.05, 4.69) is 26.4 Å². The van der Waals surface area contributed by atoms with Crippen LogP contribution in [0, 0.1) is 5.82 Å². The van der Waals surface area contributed by atoms with Gasteiger partial charge in [-0.2, -0.15) is 0 Å².